The number of carbonyl (C=O) groups is 3. The second-order valence-electron chi connectivity index (χ2n) is 7.98. The zero-order valence-electron chi connectivity index (χ0n) is 19.5. The van der Waals surface area contributed by atoms with Crippen LogP contribution in [0.15, 0.2) is 72.8 Å². The number of anilines is 1. The summed E-state index contributed by atoms with van der Waals surface area (Å²) in [6.07, 6.45) is 0. The zero-order valence-corrected chi connectivity index (χ0v) is 19.5. The van der Waals surface area contributed by atoms with Gasteiger partial charge in [0.2, 0.25) is 5.91 Å². The number of methoxy groups -OCH3 is 1. The second kappa shape index (κ2) is 10.7. The van der Waals surface area contributed by atoms with E-state index in [9.17, 15) is 14.4 Å². The molecule has 1 aliphatic heterocycles. The van der Waals surface area contributed by atoms with Crippen LogP contribution in [0.2, 0.25) is 0 Å². The highest BCUT2D eigenvalue weighted by Crippen LogP contribution is 2.35. The third kappa shape index (κ3) is 5.43. The predicted octanol–water partition coefficient (Wildman–Crippen LogP) is 3.39. The van der Waals surface area contributed by atoms with E-state index < -0.39 is 6.04 Å². The number of hydrogen-bond donors (Lipinski definition) is 1. The van der Waals surface area contributed by atoms with E-state index in [1.165, 1.54) is 12.0 Å². The first-order valence-corrected chi connectivity index (χ1v) is 11.2. The van der Waals surface area contributed by atoms with Gasteiger partial charge in [-0.3, -0.25) is 19.3 Å². The zero-order chi connectivity index (χ0) is 24.8. The molecule has 0 fully saturated rings. The van der Waals surface area contributed by atoms with Gasteiger partial charge in [0.25, 0.3) is 5.91 Å². The molecule has 3 aromatic rings. The van der Waals surface area contributed by atoms with Crippen LogP contribution in [0, 0.1) is 0 Å². The number of hydrogen-bond acceptors (Lipinski definition) is 6. The molecule has 8 heteroatoms. The maximum atomic E-state index is 12.9. The molecule has 0 saturated carbocycles. The van der Waals surface area contributed by atoms with Gasteiger partial charge >= 0.3 is 0 Å². The summed E-state index contributed by atoms with van der Waals surface area (Å²) in [5.74, 6) is 0.421. The fourth-order valence-electron chi connectivity index (χ4n) is 3.78. The van der Waals surface area contributed by atoms with E-state index in [4.69, 9.17) is 14.2 Å². The standard InChI is InChI=1S/C27H26N2O6/c1-18(27(32)28-15-19-8-4-3-5-9-19)29-21-14-20(12-13-23(21)35-17-26(29)31)22(30)16-34-25-11-7-6-10-24(25)33-2/h3-14,18H,15-17H2,1-2H3,(H,28,32). The van der Waals surface area contributed by atoms with Crippen molar-refractivity contribution in [3.8, 4) is 17.2 Å². The average molecular weight is 475 g/mol. The SMILES string of the molecule is COc1ccccc1OCC(=O)c1ccc2c(c1)N(C(C)C(=O)NCc1ccccc1)C(=O)CO2. The highest BCUT2D eigenvalue weighted by molar-refractivity contribution is 6.05. The molecule has 0 bridgehead atoms. The van der Waals surface area contributed by atoms with Crippen molar-refractivity contribution < 1.29 is 28.6 Å². The van der Waals surface area contributed by atoms with Crippen LogP contribution in [0.4, 0.5) is 5.69 Å². The Hall–Kier alpha value is -4.33. The third-order valence-corrected chi connectivity index (χ3v) is 5.66. The summed E-state index contributed by atoms with van der Waals surface area (Å²) in [7, 11) is 1.52. The number of ketones is 1. The number of carbonyl (C=O) groups excluding carboxylic acids is 3. The average Bonchev–Trinajstić information content (AvgIpc) is 2.90. The summed E-state index contributed by atoms with van der Waals surface area (Å²) in [4.78, 5) is 39.8. The summed E-state index contributed by atoms with van der Waals surface area (Å²) in [6.45, 7) is 1.58. The highest BCUT2D eigenvalue weighted by atomic mass is 16.5. The molecule has 1 unspecified atom stereocenters. The largest absolute Gasteiger partial charge is 0.493 e. The summed E-state index contributed by atoms with van der Waals surface area (Å²) in [5.41, 5.74) is 1.65. The quantitative estimate of drug-likeness (QED) is 0.478. The Morgan fingerprint density at radius 3 is 2.49 bits per heavy atom. The van der Waals surface area contributed by atoms with Gasteiger partial charge in [0.05, 0.1) is 12.8 Å². The predicted molar refractivity (Wildman–Crippen MR) is 130 cm³/mol. The summed E-state index contributed by atoms with van der Waals surface area (Å²) in [6, 6.07) is 20.5. The molecule has 35 heavy (non-hydrogen) atoms. The van der Waals surface area contributed by atoms with Crippen molar-refractivity contribution in [2.75, 3.05) is 25.2 Å². The number of fused-ring (bicyclic) bond motifs is 1. The van der Waals surface area contributed by atoms with Crippen LogP contribution in [0.3, 0.4) is 0 Å². The van der Waals surface area contributed by atoms with E-state index >= 15 is 0 Å². The molecule has 2 amide bonds. The van der Waals surface area contributed by atoms with E-state index in [1.54, 1.807) is 49.4 Å². The summed E-state index contributed by atoms with van der Waals surface area (Å²) < 4.78 is 16.4. The smallest absolute Gasteiger partial charge is 0.265 e. The molecule has 0 aliphatic carbocycles. The lowest BCUT2D eigenvalue weighted by Gasteiger charge is -2.33. The van der Waals surface area contributed by atoms with Gasteiger partial charge in [-0.15, -0.1) is 0 Å². The van der Waals surface area contributed by atoms with Crippen molar-refractivity contribution in [2.45, 2.75) is 19.5 Å². The Labute approximate surface area is 203 Å². The van der Waals surface area contributed by atoms with Gasteiger partial charge in [-0.25, -0.2) is 0 Å². The highest BCUT2D eigenvalue weighted by Gasteiger charge is 2.33. The molecule has 1 aliphatic rings. The van der Waals surface area contributed by atoms with Gasteiger partial charge in [0.1, 0.15) is 11.8 Å². The van der Waals surface area contributed by atoms with Crippen molar-refractivity contribution in [3.05, 3.63) is 83.9 Å². The summed E-state index contributed by atoms with van der Waals surface area (Å²) >= 11 is 0. The first-order valence-electron chi connectivity index (χ1n) is 11.2. The normalized spacial score (nSPS) is 13.3. The number of rotatable bonds is 9. The number of benzene rings is 3. The number of Topliss-reactive ketones (excluding diaryl/α,β-unsaturated/α-hetero) is 1. The van der Waals surface area contributed by atoms with Gasteiger partial charge in [-0.1, -0.05) is 42.5 Å². The molecule has 1 atom stereocenters. The van der Waals surface area contributed by atoms with Crippen molar-refractivity contribution in [3.63, 3.8) is 0 Å². The molecule has 0 spiro atoms. The Morgan fingerprint density at radius 1 is 1.03 bits per heavy atom. The lowest BCUT2D eigenvalue weighted by molar-refractivity contribution is -0.127. The Balaban J connectivity index is 1.49. The van der Waals surface area contributed by atoms with Gasteiger partial charge in [-0.2, -0.15) is 0 Å². The van der Waals surface area contributed by atoms with Crippen LogP contribution in [0.25, 0.3) is 0 Å². The topological polar surface area (TPSA) is 94.2 Å². The number of ether oxygens (including phenoxy) is 3. The van der Waals surface area contributed by atoms with Crippen LogP contribution in [-0.4, -0.2) is 44.0 Å². The molecule has 0 radical (unpaired) electrons. The van der Waals surface area contributed by atoms with Crippen LogP contribution in [0.5, 0.6) is 17.2 Å². The van der Waals surface area contributed by atoms with Crippen LogP contribution >= 0.6 is 0 Å². The van der Waals surface area contributed by atoms with Gasteiger partial charge < -0.3 is 19.5 Å². The van der Waals surface area contributed by atoms with E-state index in [1.807, 2.05) is 30.3 Å². The molecule has 3 aromatic carbocycles. The molecule has 1 heterocycles. The second-order valence-corrected chi connectivity index (χ2v) is 7.98. The van der Waals surface area contributed by atoms with Crippen LogP contribution in [0.1, 0.15) is 22.8 Å². The van der Waals surface area contributed by atoms with E-state index in [-0.39, 0.29) is 30.8 Å². The molecular formula is C27H26N2O6. The van der Waals surface area contributed by atoms with Crippen molar-refractivity contribution in [2.24, 2.45) is 0 Å². The number of para-hydroxylation sites is 2. The van der Waals surface area contributed by atoms with E-state index in [0.29, 0.717) is 35.0 Å². The monoisotopic (exact) mass is 474 g/mol. The molecule has 1 N–H and O–H groups in total. The Morgan fingerprint density at radius 2 is 1.74 bits per heavy atom. The molecular weight excluding hydrogens is 448 g/mol. The molecule has 0 aromatic heterocycles. The maximum absolute atomic E-state index is 12.9. The van der Waals surface area contributed by atoms with Gasteiger partial charge in [0.15, 0.2) is 30.5 Å². The van der Waals surface area contributed by atoms with E-state index in [0.717, 1.165) is 5.56 Å². The van der Waals surface area contributed by atoms with Crippen molar-refractivity contribution in [1.29, 1.82) is 0 Å². The van der Waals surface area contributed by atoms with Crippen LogP contribution < -0.4 is 24.4 Å². The fraction of sp³-hybridized carbons (Fsp3) is 0.222. The molecule has 180 valence electrons. The molecule has 4 rings (SSSR count). The number of nitrogens with one attached hydrogen (secondary N) is 1. The van der Waals surface area contributed by atoms with Gasteiger partial charge in [-0.05, 0) is 42.8 Å². The minimum absolute atomic E-state index is 0.187. The third-order valence-electron chi connectivity index (χ3n) is 5.66. The lowest BCUT2D eigenvalue weighted by Crippen LogP contribution is -2.51. The fourth-order valence-corrected chi connectivity index (χ4v) is 3.78. The minimum atomic E-state index is -0.802. The first-order chi connectivity index (χ1) is 17.0. The van der Waals surface area contributed by atoms with Gasteiger partial charge in [0, 0.05) is 12.1 Å². The van der Waals surface area contributed by atoms with Crippen molar-refractivity contribution in [1.82, 2.24) is 5.32 Å². The number of nitrogens with zero attached hydrogens (tertiary/aromatic N) is 1. The molecule has 0 saturated heterocycles. The molecule has 8 nitrogen and oxygen atoms in total. The Bertz CT molecular complexity index is 1230. The lowest BCUT2D eigenvalue weighted by atomic mass is 10.1. The summed E-state index contributed by atoms with van der Waals surface area (Å²) in [5, 5.41) is 2.86. The minimum Gasteiger partial charge on any atom is -0.493 e. The van der Waals surface area contributed by atoms with Crippen LogP contribution in [-0.2, 0) is 16.1 Å². The maximum Gasteiger partial charge on any atom is 0.265 e. The van der Waals surface area contributed by atoms with E-state index in [2.05, 4.69) is 5.32 Å². The van der Waals surface area contributed by atoms with Crippen molar-refractivity contribution >= 4 is 23.3 Å². The first kappa shape index (κ1) is 23.8. The Kier molecular flexibility index (Phi) is 7.30. The number of amides is 2.